The van der Waals surface area contributed by atoms with Gasteiger partial charge in [-0.1, -0.05) is 12.1 Å². The fraction of sp³-hybridized carbons (Fsp3) is 0.235. The zero-order chi connectivity index (χ0) is 16.4. The number of aromatic hydroxyl groups is 2. The number of hydrogen-bond donors (Lipinski definition) is 3. The average molecular weight is 313 g/mol. The van der Waals surface area contributed by atoms with Gasteiger partial charge in [0, 0.05) is 37.9 Å². The van der Waals surface area contributed by atoms with E-state index in [2.05, 4.69) is 0 Å². The third kappa shape index (κ3) is 3.01. The molecule has 0 bridgehead atoms. The van der Waals surface area contributed by atoms with E-state index in [4.69, 9.17) is 5.73 Å². The first-order valence-corrected chi connectivity index (χ1v) is 7.47. The molecule has 120 valence electrons. The molecule has 1 aliphatic heterocycles. The van der Waals surface area contributed by atoms with Crippen molar-refractivity contribution in [2.75, 3.05) is 36.8 Å². The number of benzene rings is 2. The molecule has 2 aromatic rings. The predicted octanol–water partition coefficient (Wildman–Crippen LogP) is 1.64. The highest BCUT2D eigenvalue weighted by molar-refractivity contribution is 5.97. The summed E-state index contributed by atoms with van der Waals surface area (Å²) < 4.78 is 0. The maximum Gasteiger partial charge on any atom is 0.257 e. The number of carbonyl (C=O) groups excluding carboxylic acids is 1. The topological polar surface area (TPSA) is 90.0 Å². The zero-order valence-corrected chi connectivity index (χ0v) is 12.6. The molecule has 0 aromatic heterocycles. The first-order valence-electron chi connectivity index (χ1n) is 7.47. The standard InChI is InChI=1S/C17H19N3O3/c18-12-5-6-13(16(22)11-12)17(23)20-9-7-19(8-10-20)14-3-1-2-4-15(14)21/h1-6,11,21-22H,7-10,18H2. The molecule has 0 spiro atoms. The predicted molar refractivity (Wildman–Crippen MR) is 88.7 cm³/mol. The number of hydrogen-bond acceptors (Lipinski definition) is 5. The van der Waals surface area contributed by atoms with Crippen molar-refractivity contribution in [3.63, 3.8) is 0 Å². The molecule has 1 fully saturated rings. The third-order valence-electron chi connectivity index (χ3n) is 4.04. The summed E-state index contributed by atoms with van der Waals surface area (Å²) in [5.74, 6) is -0.0685. The number of para-hydroxylation sites is 2. The zero-order valence-electron chi connectivity index (χ0n) is 12.6. The number of nitrogens with two attached hydrogens (primary N) is 1. The monoisotopic (exact) mass is 313 g/mol. The third-order valence-corrected chi connectivity index (χ3v) is 4.04. The van der Waals surface area contributed by atoms with Gasteiger partial charge in [-0.2, -0.15) is 0 Å². The average Bonchev–Trinajstić information content (AvgIpc) is 2.55. The molecule has 23 heavy (non-hydrogen) atoms. The Morgan fingerprint density at radius 3 is 2.30 bits per heavy atom. The van der Waals surface area contributed by atoms with E-state index in [-0.39, 0.29) is 23.0 Å². The minimum atomic E-state index is -0.209. The summed E-state index contributed by atoms with van der Waals surface area (Å²) in [4.78, 5) is 16.2. The molecule has 0 radical (unpaired) electrons. The summed E-state index contributed by atoms with van der Waals surface area (Å²) in [5.41, 5.74) is 7.04. The molecule has 0 saturated carbocycles. The first-order chi connectivity index (χ1) is 11.1. The lowest BCUT2D eigenvalue weighted by Gasteiger charge is -2.36. The van der Waals surface area contributed by atoms with Gasteiger partial charge in [-0.05, 0) is 24.3 Å². The fourth-order valence-electron chi connectivity index (χ4n) is 2.78. The Morgan fingerprint density at radius 2 is 1.65 bits per heavy atom. The number of rotatable bonds is 2. The summed E-state index contributed by atoms with van der Waals surface area (Å²) in [6.07, 6.45) is 0. The maximum atomic E-state index is 12.5. The molecule has 3 rings (SSSR count). The number of phenols is 2. The van der Waals surface area contributed by atoms with Gasteiger partial charge in [0.2, 0.25) is 0 Å². The van der Waals surface area contributed by atoms with Crippen LogP contribution < -0.4 is 10.6 Å². The van der Waals surface area contributed by atoms with Crippen LogP contribution in [0.15, 0.2) is 42.5 Å². The lowest BCUT2D eigenvalue weighted by atomic mass is 10.1. The largest absolute Gasteiger partial charge is 0.507 e. The minimum absolute atomic E-state index is 0.0990. The molecule has 2 aromatic carbocycles. The number of nitrogens with zero attached hydrogens (tertiary/aromatic N) is 2. The molecule has 1 saturated heterocycles. The first kappa shape index (κ1) is 15.0. The highest BCUT2D eigenvalue weighted by atomic mass is 16.3. The lowest BCUT2D eigenvalue weighted by molar-refractivity contribution is 0.0744. The molecular weight excluding hydrogens is 294 g/mol. The van der Waals surface area contributed by atoms with Crippen molar-refractivity contribution in [3.8, 4) is 11.5 Å². The van der Waals surface area contributed by atoms with Crippen LogP contribution in [0.4, 0.5) is 11.4 Å². The molecule has 1 amide bonds. The summed E-state index contributed by atoms with van der Waals surface area (Å²) in [6, 6.07) is 11.7. The van der Waals surface area contributed by atoms with Crippen LogP contribution in [0, 0.1) is 0 Å². The number of nitrogen functional groups attached to an aromatic ring is 1. The lowest BCUT2D eigenvalue weighted by Crippen LogP contribution is -2.48. The second kappa shape index (κ2) is 6.08. The van der Waals surface area contributed by atoms with Crippen LogP contribution in [0.5, 0.6) is 11.5 Å². The number of carbonyl (C=O) groups is 1. The van der Waals surface area contributed by atoms with Gasteiger partial charge < -0.3 is 25.7 Å². The molecular formula is C17H19N3O3. The molecule has 1 aliphatic rings. The van der Waals surface area contributed by atoms with Crippen LogP contribution in [-0.2, 0) is 0 Å². The van der Waals surface area contributed by atoms with E-state index in [0.717, 1.165) is 5.69 Å². The highest BCUT2D eigenvalue weighted by Crippen LogP contribution is 2.28. The Hall–Kier alpha value is -2.89. The smallest absolute Gasteiger partial charge is 0.257 e. The van der Waals surface area contributed by atoms with Crippen molar-refractivity contribution in [2.24, 2.45) is 0 Å². The van der Waals surface area contributed by atoms with Crippen LogP contribution in [0.2, 0.25) is 0 Å². The van der Waals surface area contributed by atoms with Crippen molar-refractivity contribution in [1.29, 1.82) is 0 Å². The fourth-order valence-corrected chi connectivity index (χ4v) is 2.78. The van der Waals surface area contributed by atoms with E-state index >= 15 is 0 Å². The van der Waals surface area contributed by atoms with Crippen LogP contribution in [0.1, 0.15) is 10.4 Å². The van der Waals surface area contributed by atoms with Gasteiger partial charge in [0.1, 0.15) is 11.5 Å². The van der Waals surface area contributed by atoms with E-state index < -0.39 is 0 Å². The van der Waals surface area contributed by atoms with E-state index in [1.54, 1.807) is 29.2 Å². The van der Waals surface area contributed by atoms with Crippen LogP contribution in [0.25, 0.3) is 0 Å². The highest BCUT2D eigenvalue weighted by Gasteiger charge is 2.24. The van der Waals surface area contributed by atoms with Crippen molar-refractivity contribution in [3.05, 3.63) is 48.0 Å². The molecule has 0 unspecified atom stereocenters. The quantitative estimate of drug-likeness (QED) is 0.733. The van der Waals surface area contributed by atoms with Gasteiger partial charge in [0.15, 0.2) is 0 Å². The minimum Gasteiger partial charge on any atom is -0.507 e. The molecule has 0 aliphatic carbocycles. The number of phenolic OH excluding ortho intramolecular Hbond substituents is 2. The van der Waals surface area contributed by atoms with Crippen LogP contribution >= 0.6 is 0 Å². The van der Waals surface area contributed by atoms with E-state index in [1.807, 2.05) is 17.0 Å². The number of anilines is 2. The second-order valence-corrected chi connectivity index (χ2v) is 5.54. The molecule has 6 heteroatoms. The van der Waals surface area contributed by atoms with Gasteiger partial charge in [0.25, 0.3) is 5.91 Å². The van der Waals surface area contributed by atoms with Crippen molar-refractivity contribution in [2.45, 2.75) is 0 Å². The summed E-state index contributed by atoms with van der Waals surface area (Å²) in [5, 5.41) is 19.8. The van der Waals surface area contributed by atoms with Gasteiger partial charge in [-0.25, -0.2) is 0 Å². The summed E-state index contributed by atoms with van der Waals surface area (Å²) in [7, 11) is 0. The van der Waals surface area contributed by atoms with E-state index in [9.17, 15) is 15.0 Å². The molecule has 6 nitrogen and oxygen atoms in total. The summed E-state index contributed by atoms with van der Waals surface area (Å²) >= 11 is 0. The Morgan fingerprint density at radius 1 is 0.957 bits per heavy atom. The van der Waals surface area contributed by atoms with Gasteiger partial charge in [-0.3, -0.25) is 4.79 Å². The van der Waals surface area contributed by atoms with Crippen molar-refractivity contribution < 1.29 is 15.0 Å². The van der Waals surface area contributed by atoms with E-state index in [0.29, 0.717) is 31.9 Å². The van der Waals surface area contributed by atoms with Crippen molar-refractivity contribution in [1.82, 2.24) is 4.90 Å². The van der Waals surface area contributed by atoms with Gasteiger partial charge in [0.05, 0.1) is 11.3 Å². The van der Waals surface area contributed by atoms with Gasteiger partial charge in [-0.15, -0.1) is 0 Å². The Bertz CT molecular complexity index is 725. The SMILES string of the molecule is Nc1ccc(C(=O)N2CCN(c3ccccc3O)CC2)c(O)c1. The number of piperazine rings is 1. The second-order valence-electron chi connectivity index (χ2n) is 5.54. The van der Waals surface area contributed by atoms with Crippen molar-refractivity contribution >= 4 is 17.3 Å². The van der Waals surface area contributed by atoms with Crippen LogP contribution in [0.3, 0.4) is 0 Å². The van der Waals surface area contributed by atoms with Gasteiger partial charge >= 0.3 is 0 Å². The molecule has 4 N–H and O–H groups in total. The van der Waals surface area contributed by atoms with E-state index in [1.165, 1.54) is 6.07 Å². The normalized spacial score (nSPS) is 14.8. The van der Waals surface area contributed by atoms with Crippen LogP contribution in [-0.4, -0.2) is 47.2 Å². The Kier molecular flexibility index (Phi) is 3.97. The molecule has 0 atom stereocenters. The Balaban J connectivity index is 1.69. The number of amides is 1. The Labute approximate surface area is 134 Å². The maximum absolute atomic E-state index is 12.5. The summed E-state index contributed by atoms with van der Waals surface area (Å²) in [6.45, 7) is 2.30. The molecule has 1 heterocycles.